The molecule has 0 radical (unpaired) electrons. The van der Waals surface area contributed by atoms with Gasteiger partial charge in [0.1, 0.15) is 5.75 Å². The molecule has 1 aliphatic carbocycles. The summed E-state index contributed by atoms with van der Waals surface area (Å²) in [4.78, 5) is 27.7. The maximum atomic E-state index is 13.2. The summed E-state index contributed by atoms with van der Waals surface area (Å²) in [6, 6.07) is 7.33. The summed E-state index contributed by atoms with van der Waals surface area (Å²) >= 11 is 0. The van der Waals surface area contributed by atoms with Crippen molar-refractivity contribution in [1.29, 1.82) is 0 Å². The lowest BCUT2D eigenvalue weighted by Crippen LogP contribution is -2.52. The second-order valence-corrected chi connectivity index (χ2v) is 7.36. The first kappa shape index (κ1) is 19.5. The Bertz CT molecular complexity index is 649. The van der Waals surface area contributed by atoms with Gasteiger partial charge in [0.25, 0.3) is 0 Å². The Morgan fingerprint density at radius 3 is 2.85 bits per heavy atom. The van der Waals surface area contributed by atoms with Crippen LogP contribution in [0.5, 0.6) is 5.75 Å². The van der Waals surface area contributed by atoms with Crippen LogP contribution in [0, 0.1) is 5.92 Å². The number of anilines is 1. The zero-order chi connectivity index (χ0) is 19.1. The highest BCUT2D eigenvalue weighted by molar-refractivity contribution is 5.92. The summed E-state index contributed by atoms with van der Waals surface area (Å²) in [5, 5.41) is 6.10. The lowest BCUT2D eigenvalue weighted by Gasteiger charge is -2.40. The molecule has 1 aromatic rings. The Labute approximate surface area is 161 Å². The monoisotopic (exact) mass is 373 g/mol. The van der Waals surface area contributed by atoms with Gasteiger partial charge in [-0.1, -0.05) is 25.0 Å². The SMILES string of the molecule is CCOc1ccccc1NC(=O)N1CCCCCNC(=O)[C@@H]2CCCC[C@@H]21. The highest BCUT2D eigenvalue weighted by Crippen LogP contribution is 2.31. The zero-order valence-corrected chi connectivity index (χ0v) is 16.2. The van der Waals surface area contributed by atoms with E-state index in [0.29, 0.717) is 24.6 Å². The van der Waals surface area contributed by atoms with Crippen LogP contribution in [0.3, 0.4) is 0 Å². The van der Waals surface area contributed by atoms with Crippen molar-refractivity contribution < 1.29 is 14.3 Å². The molecule has 3 amide bonds. The number of fused-ring (bicyclic) bond motifs is 1. The zero-order valence-electron chi connectivity index (χ0n) is 16.2. The Kier molecular flexibility index (Phi) is 6.96. The van der Waals surface area contributed by atoms with Crippen molar-refractivity contribution in [3.63, 3.8) is 0 Å². The van der Waals surface area contributed by atoms with Crippen LogP contribution in [-0.2, 0) is 4.79 Å². The third-order valence-corrected chi connectivity index (χ3v) is 5.53. The van der Waals surface area contributed by atoms with Gasteiger partial charge in [0.05, 0.1) is 18.2 Å². The summed E-state index contributed by atoms with van der Waals surface area (Å²) in [5.74, 6) is 0.672. The predicted octanol–water partition coefficient (Wildman–Crippen LogP) is 3.78. The van der Waals surface area contributed by atoms with E-state index in [1.807, 2.05) is 36.1 Å². The Balaban J connectivity index is 1.80. The van der Waals surface area contributed by atoms with Crippen molar-refractivity contribution >= 4 is 17.6 Å². The van der Waals surface area contributed by atoms with Crippen molar-refractivity contribution in [3.05, 3.63) is 24.3 Å². The second kappa shape index (κ2) is 9.62. The number of benzene rings is 1. The number of hydrogen-bond acceptors (Lipinski definition) is 3. The molecule has 0 unspecified atom stereocenters. The van der Waals surface area contributed by atoms with Crippen LogP contribution in [0.2, 0.25) is 0 Å². The van der Waals surface area contributed by atoms with E-state index < -0.39 is 0 Å². The van der Waals surface area contributed by atoms with Gasteiger partial charge in [-0.3, -0.25) is 4.79 Å². The molecule has 27 heavy (non-hydrogen) atoms. The van der Waals surface area contributed by atoms with E-state index in [1.54, 1.807) is 0 Å². The molecule has 148 valence electrons. The van der Waals surface area contributed by atoms with Gasteiger partial charge in [-0.05, 0) is 51.2 Å². The van der Waals surface area contributed by atoms with E-state index >= 15 is 0 Å². The van der Waals surface area contributed by atoms with Crippen molar-refractivity contribution in [3.8, 4) is 5.75 Å². The number of para-hydroxylation sites is 2. The van der Waals surface area contributed by atoms with Gasteiger partial charge in [-0.15, -0.1) is 0 Å². The molecule has 2 fully saturated rings. The Morgan fingerprint density at radius 2 is 2.00 bits per heavy atom. The van der Waals surface area contributed by atoms with Crippen LogP contribution in [0.4, 0.5) is 10.5 Å². The molecule has 0 bridgehead atoms. The molecule has 1 aliphatic heterocycles. The molecule has 1 saturated heterocycles. The number of nitrogens with one attached hydrogen (secondary N) is 2. The first-order chi connectivity index (χ1) is 13.2. The molecule has 1 heterocycles. The second-order valence-electron chi connectivity index (χ2n) is 7.36. The fraction of sp³-hybridized carbons (Fsp3) is 0.619. The van der Waals surface area contributed by atoms with Gasteiger partial charge in [0, 0.05) is 19.1 Å². The molecule has 2 atom stereocenters. The summed E-state index contributed by atoms with van der Waals surface area (Å²) in [5.41, 5.74) is 0.679. The number of carbonyl (C=O) groups is 2. The molecular weight excluding hydrogens is 342 g/mol. The van der Waals surface area contributed by atoms with Crippen LogP contribution >= 0.6 is 0 Å². The van der Waals surface area contributed by atoms with Crippen LogP contribution in [0.25, 0.3) is 0 Å². The quantitative estimate of drug-likeness (QED) is 0.847. The molecule has 1 aromatic carbocycles. The van der Waals surface area contributed by atoms with Gasteiger partial charge in [-0.2, -0.15) is 0 Å². The van der Waals surface area contributed by atoms with Crippen molar-refractivity contribution in [2.45, 2.75) is 57.9 Å². The van der Waals surface area contributed by atoms with Crippen LogP contribution < -0.4 is 15.4 Å². The number of urea groups is 1. The van der Waals surface area contributed by atoms with E-state index in [1.165, 1.54) is 0 Å². The van der Waals surface area contributed by atoms with Gasteiger partial charge >= 0.3 is 6.03 Å². The minimum Gasteiger partial charge on any atom is -0.492 e. The van der Waals surface area contributed by atoms with E-state index in [2.05, 4.69) is 10.6 Å². The highest BCUT2D eigenvalue weighted by atomic mass is 16.5. The van der Waals surface area contributed by atoms with E-state index in [4.69, 9.17) is 4.74 Å². The molecule has 1 saturated carbocycles. The minimum atomic E-state index is -0.132. The van der Waals surface area contributed by atoms with E-state index in [-0.39, 0.29) is 23.9 Å². The number of ether oxygens (including phenoxy) is 1. The van der Waals surface area contributed by atoms with Crippen molar-refractivity contribution in [2.75, 3.05) is 25.0 Å². The van der Waals surface area contributed by atoms with Gasteiger partial charge in [-0.25, -0.2) is 4.79 Å². The fourth-order valence-corrected chi connectivity index (χ4v) is 4.17. The molecule has 2 N–H and O–H groups in total. The third-order valence-electron chi connectivity index (χ3n) is 5.53. The van der Waals surface area contributed by atoms with Crippen LogP contribution in [0.1, 0.15) is 51.9 Å². The molecule has 0 spiro atoms. The molecule has 2 aliphatic rings. The van der Waals surface area contributed by atoms with Crippen LogP contribution in [-0.4, -0.2) is 42.6 Å². The fourth-order valence-electron chi connectivity index (χ4n) is 4.17. The molecule has 6 nitrogen and oxygen atoms in total. The highest BCUT2D eigenvalue weighted by Gasteiger charge is 2.37. The summed E-state index contributed by atoms with van der Waals surface area (Å²) < 4.78 is 5.63. The maximum absolute atomic E-state index is 13.2. The number of carbonyl (C=O) groups excluding carboxylic acids is 2. The van der Waals surface area contributed by atoms with E-state index in [9.17, 15) is 9.59 Å². The first-order valence-corrected chi connectivity index (χ1v) is 10.3. The number of hydrogen-bond donors (Lipinski definition) is 2. The smallest absolute Gasteiger partial charge is 0.322 e. The maximum Gasteiger partial charge on any atom is 0.322 e. The van der Waals surface area contributed by atoms with Crippen molar-refractivity contribution in [2.24, 2.45) is 5.92 Å². The lowest BCUT2D eigenvalue weighted by molar-refractivity contribution is -0.128. The summed E-state index contributed by atoms with van der Waals surface area (Å²) in [6.45, 7) is 3.91. The normalized spacial score (nSPS) is 23.7. The summed E-state index contributed by atoms with van der Waals surface area (Å²) in [7, 11) is 0. The molecule has 0 aromatic heterocycles. The number of amides is 3. The predicted molar refractivity (Wildman–Crippen MR) is 106 cm³/mol. The molecule has 3 rings (SSSR count). The van der Waals surface area contributed by atoms with Crippen LogP contribution in [0.15, 0.2) is 24.3 Å². The first-order valence-electron chi connectivity index (χ1n) is 10.3. The number of nitrogens with zero attached hydrogens (tertiary/aromatic N) is 1. The Morgan fingerprint density at radius 1 is 1.19 bits per heavy atom. The van der Waals surface area contributed by atoms with Gasteiger partial charge in [0.15, 0.2) is 0 Å². The lowest BCUT2D eigenvalue weighted by atomic mass is 9.82. The average Bonchev–Trinajstić information content (AvgIpc) is 2.69. The standard InChI is InChI=1S/C21H31N3O3/c1-2-27-19-13-7-5-11-17(19)23-21(26)24-15-9-3-8-14-22-20(25)16-10-4-6-12-18(16)24/h5,7,11,13,16,18H,2-4,6,8-10,12,14-15H2,1H3,(H,22,25)(H,23,26)/t16-,18+/m1/s1. The number of rotatable bonds is 3. The van der Waals surface area contributed by atoms with Crippen molar-refractivity contribution in [1.82, 2.24) is 10.2 Å². The van der Waals surface area contributed by atoms with Gasteiger partial charge in [0.2, 0.25) is 5.91 Å². The Hall–Kier alpha value is -2.24. The topological polar surface area (TPSA) is 70.7 Å². The molecule has 6 heteroatoms. The van der Waals surface area contributed by atoms with E-state index in [0.717, 1.165) is 51.5 Å². The average molecular weight is 373 g/mol. The largest absolute Gasteiger partial charge is 0.492 e. The van der Waals surface area contributed by atoms with Gasteiger partial charge < -0.3 is 20.3 Å². The molecular formula is C21H31N3O3. The minimum absolute atomic E-state index is 0.0314. The third kappa shape index (κ3) is 4.93. The summed E-state index contributed by atoms with van der Waals surface area (Å²) in [6.07, 6.45) is 6.79.